The number of carbonyl (C=O) groups is 3. The Bertz CT molecular complexity index is 439. The Labute approximate surface area is 174 Å². The number of carboxylic acid groups (broad SMARTS) is 1. The largest absolute Gasteiger partial charge is 0.479 e. The van der Waals surface area contributed by atoms with Gasteiger partial charge in [0.2, 0.25) is 0 Å². The topological polar surface area (TPSA) is 121 Å². The Morgan fingerprint density at radius 2 is 1.21 bits per heavy atom. The second kappa shape index (κ2) is 18.6. The van der Waals surface area contributed by atoms with Gasteiger partial charge in [0, 0.05) is 0 Å². The fourth-order valence-electron chi connectivity index (χ4n) is 3.18. The van der Waals surface area contributed by atoms with E-state index in [1.54, 1.807) is 0 Å². The van der Waals surface area contributed by atoms with Crippen LogP contribution in [0.1, 0.15) is 103 Å². The summed E-state index contributed by atoms with van der Waals surface area (Å²) in [5.74, 6) is -2.61. The van der Waals surface area contributed by atoms with Gasteiger partial charge in [-0.15, -0.1) is 0 Å². The standard InChI is InChI=1S/C22H40O7/c1-2-3-4-5-6-7-8-9-10-11-12-13-14-15-16-19(21(26)27)29-22(28)20(25)18(24)17-23/h17-20,24-25H,2-16H2,1H3,(H,26,27). The van der Waals surface area contributed by atoms with E-state index in [1.165, 1.54) is 64.2 Å². The van der Waals surface area contributed by atoms with Gasteiger partial charge in [-0.25, -0.2) is 9.59 Å². The Balaban J connectivity index is 3.69. The minimum absolute atomic E-state index is 0.00465. The van der Waals surface area contributed by atoms with Crippen LogP contribution < -0.4 is 0 Å². The van der Waals surface area contributed by atoms with Gasteiger partial charge >= 0.3 is 11.9 Å². The molecule has 0 saturated heterocycles. The molecule has 0 aromatic heterocycles. The maximum absolute atomic E-state index is 11.6. The lowest BCUT2D eigenvalue weighted by molar-refractivity contribution is -0.174. The van der Waals surface area contributed by atoms with Crippen molar-refractivity contribution in [3.05, 3.63) is 0 Å². The van der Waals surface area contributed by atoms with Crippen LogP contribution in [0.25, 0.3) is 0 Å². The van der Waals surface area contributed by atoms with Crippen LogP contribution in [-0.4, -0.2) is 51.9 Å². The molecule has 3 atom stereocenters. The highest BCUT2D eigenvalue weighted by atomic mass is 16.6. The van der Waals surface area contributed by atoms with Gasteiger partial charge in [0.25, 0.3) is 0 Å². The summed E-state index contributed by atoms with van der Waals surface area (Å²) in [7, 11) is 0. The number of esters is 1. The van der Waals surface area contributed by atoms with Crippen LogP contribution in [0.3, 0.4) is 0 Å². The molecule has 0 aliphatic heterocycles. The number of hydrogen-bond donors (Lipinski definition) is 3. The third-order valence-corrected chi connectivity index (χ3v) is 5.06. The van der Waals surface area contributed by atoms with E-state index in [-0.39, 0.29) is 12.7 Å². The molecule has 170 valence electrons. The van der Waals surface area contributed by atoms with Gasteiger partial charge in [-0.2, -0.15) is 0 Å². The maximum atomic E-state index is 11.6. The van der Waals surface area contributed by atoms with Crippen LogP contribution in [0.15, 0.2) is 0 Å². The van der Waals surface area contributed by atoms with E-state index in [0.29, 0.717) is 6.42 Å². The minimum atomic E-state index is -2.06. The van der Waals surface area contributed by atoms with Crippen molar-refractivity contribution >= 4 is 18.2 Å². The zero-order valence-corrected chi connectivity index (χ0v) is 17.9. The van der Waals surface area contributed by atoms with Crippen LogP contribution in [-0.2, 0) is 19.1 Å². The molecule has 0 rings (SSSR count). The Morgan fingerprint density at radius 1 is 0.793 bits per heavy atom. The van der Waals surface area contributed by atoms with Gasteiger partial charge in [-0.1, -0.05) is 90.4 Å². The van der Waals surface area contributed by atoms with E-state index < -0.39 is 30.3 Å². The molecule has 3 N–H and O–H groups in total. The lowest BCUT2D eigenvalue weighted by Gasteiger charge is -2.17. The molecule has 0 heterocycles. The third kappa shape index (κ3) is 15.1. The summed E-state index contributed by atoms with van der Waals surface area (Å²) in [6.07, 6.45) is 11.4. The monoisotopic (exact) mass is 416 g/mol. The number of carboxylic acids is 1. The molecule has 0 fully saturated rings. The van der Waals surface area contributed by atoms with E-state index in [9.17, 15) is 19.5 Å². The fourth-order valence-corrected chi connectivity index (χ4v) is 3.18. The van der Waals surface area contributed by atoms with Gasteiger partial charge in [-0.3, -0.25) is 0 Å². The van der Waals surface area contributed by atoms with Gasteiger partial charge in [0.15, 0.2) is 18.5 Å². The summed E-state index contributed by atoms with van der Waals surface area (Å²) in [5.41, 5.74) is 0. The number of carbonyl (C=O) groups excluding carboxylic acids is 2. The summed E-state index contributed by atoms with van der Waals surface area (Å²) < 4.78 is 4.70. The zero-order chi connectivity index (χ0) is 21.9. The highest BCUT2D eigenvalue weighted by Gasteiger charge is 2.30. The van der Waals surface area contributed by atoms with Crippen molar-refractivity contribution in [2.45, 2.75) is 122 Å². The molecular weight excluding hydrogens is 376 g/mol. The van der Waals surface area contributed by atoms with E-state index in [1.807, 2.05) is 0 Å². The van der Waals surface area contributed by atoms with E-state index in [2.05, 4.69) is 6.92 Å². The van der Waals surface area contributed by atoms with Crippen molar-refractivity contribution < 1.29 is 34.4 Å². The smallest absolute Gasteiger partial charge is 0.345 e. The first-order valence-corrected chi connectivity index (χ1v) is 11.2. The first-order valence-electron chi connectivity index (χ1n) is 11.2. The average Bonchev–Trinajstić information content (AvgIpc) is 2.71. The molecule has 0 aromatic rings. The first kappa shape index (κ1) is 27.5. The molecule has 0 aliphatic rings. The SMILES string of the molecule is CCCCCCCCCCCCCCCCC(OC(=O)C(O)C(O)C=O)C(=O)O. The molecule has 7 heteroatoms. The van der Waals surface area contributed by atoms with Gasteiger partial charge < -0.3 is 24.9 Å². The van der Waals surface area contributed by atoms with Crippen LogP contribution in [0.2, 0.25) is 0 Å². The minimum Gasteiger partial charge on any atom is -0.479 e. The summed E-state index contributed by atoms with van der Waals surface area (Å²) in [6.45, 7) is 2.23. The fraction of sp³-hybridized carbons (Fsp3) is 0.864. The summed E-state index contributed by atoms with van der Waals surface area (Å²) in [4.78, 5) is 33.1. The number of aldehydes is 1. The number of aliphatic hydroxyl groups excluding tert-OH is 2. The zero-order valence-electron chi connectivity index (χ0n) is 17.9. The molecule has 7 nitrogen and oxygen atoms in total. The second-order valence-electron chi connectivity index (χ2n) is 7.72. The molecule has 0 amide bonds. The first-order chi connectivity index (χ1) is 13.9. The number of aliphatic hydroxyl groups is 2. The van der Waals surface area contributed by atoms with Crippen LogP contribution in [0, 0.1) is 0 Å². The highest BCUT2D eigenvalue weighted by molar-refractivity contribution is 5.83. The lowest BCUT2D eigenvalue weighted by atomic mass is 10.0. The van der Waals surface area contributed by atoms with Crippen LogP contribution in [0.4, 0.5) is 0 Å². The van der Waals surface area contributed by atoms with Gasteiger partial charge in [0.05, 0.1) is 0 Å². The number of aliphatic carboxylic acids is 1. The van der Waals surface area contributed by atoms with Crippen molar-refractivity contribution in [1.29, 1.82) is 0 Å². The average molecular weight is 417 g/mol. The number of hydrogen-bond acceptors (Lipinski definition) is 6. The number of unbranched alkanes of at least 4 members (excludes halogenated alkanes) is 13. The lowest BCUT2D eigenvalue weighted by Crippen LogP contribution is -2.40. The van der Waals surface area contributed by atoms with Gasteiger partial charge in [-0.05, 0) is 12.8 Å². The van der Waals surface area contributed by atoms with Crippen LogP contribution >= 0.6 is 0 Å². The van der Waals surface area contributed by atoms with E-state index >= 15 is 0 Å². The number of rotatable bonds is 20. The molecular formula is C22H40O7. The molecule has 3 unspecified atom stereocenters. The van der Waals surface area contributed by atoms with E-state index in [4.69, 9.17) is 14.9 Å². The second-order valence-corrected chi connectivity index (χ2v) is 7.72. The molecule has 0 aromatic carbocycles. The Hall–Kier alpha value is -1.47. The maximum Gasteiger partial charge on any atom is 0.345 e. The Morgan fingerprint density at radius 3 is 1.59 bits per heavy atom. The molecule has 0 saturated carbocycles. The van der Waals surface area contributed by atoms with E-state index in [0.717, 1.165) is 19.3 Å². The van der Waals surface area contributed by atoms with Crippen molar-refractivity contribution in [3.8, 4) is 0 Å². The van der Waals surface area contributed by atoms with Crippen molar-refractivity contribution in [2.75, 3.05) is 0 Å². The third-order valence-electron chi connectivity index (χ3n) is 5.06. The summed E-state index contributed by atoms with van der Waals surface area (Å²) in [5, 5.41) is 27.6. The van der Waals surface area contributed by atoms with Crippen molar-refractivity contribution in [2.24, 2.45) is 0 Å². The Kier molecular flexibility index (Phi) is 17.6. The summed E-state index contributed by atoms with van der Waals surface area (Å²) >= 11 is 0. The molecule has 0 spiro atoms. The quantitative estimate of drug-likeness (QED) is 0.157. The molecule has 0 bridgehead atoms. The normalized spacial score (nSPS) is 14.2. The van der Waals surface area contributed by atoms with Gasteiger partial charge in [0.1, 0.15) is 6.10 Å². The van der Waals surface area contributed by atoms with Crippen molar-refractivity contribution in [3.63, 3.8) is 0 Å². The highest BCUT2D eigenvalue weighted by Crippen LogP contribution is 2.15. The molecule has 29 heavy (non-hydrogen) atoms. The van der Waals surface area contributed by atoms with Crippen LogP contribution in [0.5, 0.6) is 0 Å². The number of ether oxygens (including phenoxy) is 1. The van der Waals surface area contributed by atoms with Crippen molar-refractivity contribution in [1.82, 2.24) is 0 Å². The molecule has 0 radical (unpaired) electrons. The predicted molar refractivity (Wildman–Crippen MR) is 111 cm³/mol. The summed E-state index contributed by atoms with van der Waals surface area (Å²) in [6, 6.07) is 0. The predicted octanol–water partition coefficient (Wildman–Crippen LogP) is 3.77. The molecule has 0 aliphatic carbocycles.